The molecule has 0 unspecified atom stereocenters. The third-order valence-corrected chi connectivity index (χ3v) is 6.87. The van der Waals surface area contributed by atoms with Gasteiger partial charge in [0, 0.05) is 18.7 Å². The molecule has 3 aliphatic rings. The molecule has 142 valence electrons. The van der Waals surface area contributed by atoms with E-state index in [1.807, 2.05) is 0 Å². The van der Waals surface area contributed by atoms with Crippen molar-refractivity contribution < 1.29 is 13.7 Å². The summed E-state index contributed by atoms with van der Waals surface area (Å²) in [5.74, 6) is 0.343. The number of carbonyl (C=O) groups is 1. The number of anilines is 1. The van der Waals surface area contributed by atoms with Gasteiger partial charge in [-0.2, -0.15) is 5.10 Å². The van der Waals surface area contributed by atoms with Crippen LogP contribution < -0.4 is 15.2 Å². The highest BCUT2D eigenvalue weighted by Crippen LogP contribution is 2.39. The first-order valence-electron chi connectivity index (χ1n) is 9.24. The van der Waals surface area contributed by atoms with Crippen molar-refractivity contribution in [1.29, 1.82) is 0 Å². The molecule has 27 heavy (non-hydrogen) atoms. The van der Waals surface area contributed by atoms with Gasteiger partial charge in [-0.3, -0.25) is 0 Å². The molecule has 5 rings (SSSR count). The number of nitrogens with one attached hydrogen (secondary N) is 1. The molecule has 0 fully saturated rings. The van der Waals surface area contributed by atoms with Crippen molar-refractivity contribution >= 4 is 21.6 Å². The third kappa shape index (κ3) is 2.72. The van der Waals surface area contributed by atoms with Gasteiger partial charge in [-0.15, -0.1) is 4.36 Å². The van der Waals surface area contributed by atoms with E-state index in [0.29, 0.717) is 19.0 Å². The fourth-order valence-corrected chi connectivity index (χ4v) is 5.15. The zero-order valence-electron chi connectivity index (χ0n) is 14.9. The summed E-state index contributed by atoms with van der Waals surface area (Å²) in [6.45, 7) is 1.17. The van der Waals surface area contributed by atoms with Crippen LogP contribution in [0.4, 0.5) is 10.5 Å². The number of nitrogens with two attached hydrogens (primary N) is 1. The molecule has 0 saturated heterocycles. The summed E-state index contributed by atoms with van der Waals surface area (Å²) in [7, 11) is -3.44. The molecule has 0 radical (unpaired) electrons. The van der Waals surface area contributed by atoms with Gasteiger partial charge in [-0.1, -0.05) is 6.07 Å². The largest absolute Gasteiger partial charge is 0.477 e. The minimum absolute atomic E-state index is 0.170. The van der Waals surface area contributed by atoms with Crippen LogP contribution in [0.1, 0.15) is 35.1 Å². The van der Waals surface area contributed by atoms with Crippen LogP contribution in [-0.2, 0) is 42.1 Å². The van der Waals surface area contributed by atoms with Crippen LogP contribution >= 0.6 is 0 Å². The summed E-state index contributed by atoms with van der Waals surface area (Å²) in [6, 6.07) is 1.57. The van der Waals surface area contributed by atoms with Crippen LogP contribution in [0.5, 0.6) is 5.88 Å². The average Bonchev–Trinajstić information content (AvgIpc) is 3.24. The van der Waals surface area contributed by atoms with Crippen LogP contribution in [0.2, 0.25) is 0 Å². The molecule has 1 aliphatic heterocycles. The van der Waals surface area contributed by atoms with Crippen LogP contribution in [0.15, 0.2) is 21.5 Å². The number of benzene rings is 1. The summed E-state index contributed by atoms with van der Waals surface area (Å²) in [4.78, 5) is 12.7. The number of aromatic nitrogens is 2. The van der Waals surface area contributed by atoms with E-state index in [9.17, 15) is 9.00 Å². The van der Waals surface area contributed by atoms with E-state index in [1.165, 1.54) is 28.5 Å². The zero-order chi connectivity index (χ0) is 18.6. The summed E-state index contributed by atoms with van der Waals surface area (Å²) >= 11 is 0. The lowest BCUT2D eigenvalue weighted by Crippen LogP contribution is -2.22. The smallest absolute Gasteiger partial charge is 0.354 e. The standard InChI is InChI=1S/C18H21N5O3S/c19-27(25,15-10-20-23-7-2-8-26-17(15)23)22-18(24)21-16-13-4-1-3-11(13)9-12-5-6-14(12)16/h9-10H,1-8H2,(H3,19,21,22,24,25)/t27-/m1/s1. The van der Waals surface area contributed by atoms with Gasteiger partial charge < -0.3 is 10.1 Å². The monoisotopic (exact) mass is 387 g/mol. The summed E-state index contributed by atoms with van der Waals surface area (Å²) in [5, 5.41) is 12.9. The van der Waals surface area contributed by atoms with Gasteiger partial charge in [0.05, 0.1) is 12.8 Å². The van der Waals surface area contributed by atoms with E-state index < -0.39 is 15.9 Å². The lowest BCUT2D eigenvalue weighted by atomic mass is 9.83. The molecule has 1 atom stereocenters. The minimum Gasteiger partial charge on any atom is -0.477 e. The Balaban J connectivity index is 1.48. The molecule has 3 N–H and O–H groups in total. The fourth-order valence-electron chi connectivity index (χ4n) is 4.14. The molecule has 1 aromatic carbocycles. The molecule has 2 aliphatic carbocycles. The van der Waals surface area contributed by atoms with Crippen molar-refractivity contribution in [3.63, 3.8) is 0 Å². The van der Waals surface area contributed by atoms with Gasteiger partial charge in [-0.25, -0.2) is 18.8 Å². The molecule has 0 spiro atoms. The second-order valence-corrected chi connectivity index (χ2v) is 8.97. The Labute approximate surface area is 157 Å². The molecule has 2 aromatic rings. The molecule has 2 heterocycles. The topological polar surface area (TPSA) is 112 Å². The lowest BCUT2D eigenvalue weighted by molar-refractivity contribution is 0.224. The number of nitrogens with zero attached hydrogens (tertiary/aromatic N) is 3. The van der Waals surface area contributed by atoms with Gasteiger partial charge in [0.15, 0.2) is 9.92 Å². The van der Waals surface area contributed by atoms with Gasteiger partial charge in [0.1, 0.15) is 4.90 Å². The number of hydrogen-bond acceptors (Lipinski definition) is 4. The van der Waals surface area contributed by atoms with E-state index in [2.05, 4.69) is 20.8 Å². The normalized spacial score (nSPS) is 19.0. The van der Waals surface area contributed by atoms with Crippen molar-refractivity contribution in [3.05, 3.63) is 34.5 Å². The molecule has 2 amide bonds. The third-order valence-electron chi connectivity index (χ3n) is 5.52. The SMILES string of the molecule is N[S@@](=O)(=NC(=O)Nc1c2c(cc3c1CC3)CCC2)c1cnn2c1OCCC2. The lowest BCUT2D eigenvalue weighted by Gasteiger charge is -2.25. The predicted molar refractivity (Wildman–Crippen MR) is 100 cm³/mol. The van der Waals surface area contributed by atoms with Gasteiger partial charge in [0.2, 0.25) is 5.88 Å². The quantitative estimate of drug-likeness (QED) is 0.822. The number of carbonyl (C=O) groups excluding carboxylic acids is 1. The summed E-state index contributed by atoms with van der Waals surface area (Å²) < 4.78 is 23.9. The van der Waals surface area contributed by atoms with Crippen molar-refractivity contribution in [2.45, 2.75) is 50.0 Å². The number of hydrogen-bond donors (Lipinski definition) is 2. The first-order chi connectivity index (χ1) is 13.0. The number of ether oxygens (including phenoxy) is 1. The Bertz CT molecular complexity index is 1080. The Morgan fingerprint density at radius 2 is 2.04 bits per heavy atom. The Morgan fingerprint density at radius 1 is 1.22 bits per heavy atom. The molecule has 1 aromatic heterocycles. The predicted octanol–water partition coefficient (Wildman–Crippen LogP) is 2.19. The summed E-state index contributed by atoms with van der Waals surface area (Å²) in [5.41, 5.74) is 5.80. The van der Waals surface area contributed by atoms with Crippen LogP contribution in [0.25, 0.3) is 0 Å². The van der Waals surface area contributed by atoms with Crippen LogP contribution in [0.3, 0.4) is 0 Å². The maximum Gasteiger partial charge on any atom is 0.354 e. The fraction of sp³-hybridized carbons (Fsp3) is 0.444. The number of rotatable bonds is 2. The Kier molecular flexibility index (Phi) is 3.76. The minimum atomic E-state index is -3.44. The van der Waals surface area contributed by atoms with Crippen LogP contribution in [-0.4, -0.2) is 26.6 Å². The maximum absolute atomic E-state index is 12.9. The van der Waals surface area contributed by atoms with Crippen molar-refractivity contribution in [1.82, 2.24) is 9.78 Å². The first kappa shape index (κ1) is 16.8. The van der Waals surface area contributed by atoms with Crippen molar-refractivity contribution in [3.8, 4) is 5.88 Å². The molecule has 8 nitrogen and oxygen atoms in total. The van der Waals surface area contributed by atoms with Crippen LogP contribution in [0, 0.1) is 0 Å². The van der Waals surface area contributed by atoms with E-state index in [0.717, 1.165) is 44.2 Å². The second kappa shape index (κ2) is 6.07. The van der Waals surface area contributed by atoms with Crippen molar-refractivity contribution in [2.24, 2.45) is 9.50 Å². The molecular formula is C18H21N5O3S. The molecule has 9 heteroatoms. The first-order valence-corrected chi connectivity index (χ1v) is 10.8. The van der Waals surface area contributed by atoms with Crippen molar-refractivity contribution in [2.75, 3.05) is 11.9 Å². The number of aryl methyl sites for hydroxylation is 3. The Hall–Kier alpha value is -2.39. The number of fused-ring (bicyclic) bond motifs is 3. The highest BCUT2D eigenvalue weighted by Gasteiger charge is 2.28. The highest BCUT2D eigenvalue weighted by molar-refractivity contribution is 7.91. The molecular weight excluding hydrogens is 366 g/mol. The highest BCUT2D eigenvalue weighted by atomic mass is 32.2. The molecule has 0 bridgehead atoms. The second-order valence-electron chi connectivity index (χ2n) is 7.21. The van der Waals surface area contributed by atoms with Gasteiger partial charge >= 0.3 is 6.03 Å². The van der Waals surface area contributed by atoms with E-state index >= 15 is 0 Å². The van der Waals surface area contributed by atoms with Gasteiger partial charge in [0.25, 0.3) is 0 Å². The van der Waals surface area contributed by atoms with Gasteiger partial charge in [-0.05, 0) is 54.4 Å². The number of urea groups is 1. The van der Waals surface area contributed by atoms with E-state index in [1.54, 1.807) is 4.68 Å². The molecule has 0 saturated carbocycles. The summed E-state index contributed by atoms with van der Waals surface area (Å²) in [6.07, 6.45) is 7.26. The number of amides is 2. The maximum atomic E-state index is 12.9. The van der Waals surface area contributed by atoms with E-state index in [-0.39, 0.29) is 4.90 Å². The average molecular weight is 387 g/mol. The Morgan fingerprint density at radius 3 is 2.85 bits per heavy atom. The zero-order valence-corrected chi connectivity index (χ0v) is 15.7. The van der Waals surface area contributed by atoms with E-state index in [4.69, 9.17) is 9.88 Å².